The fourth-order valence-corrected chi connectivity index (χ4v) is 1.35. The van der Waals surface area contributed by atoms with Crippen LogP contribution in [0.15, 0.2) is 12.1 Å². The van der Waals surface area contributed by atoms with Crippen LogP contribution in [-0.4, -0.2) is 6.61 Å². The molecule has 3 nitrogen and oxygen atoms in total. The van der Waals surface area contributed by atoms with Crippen LogP contribution >= 0.6 is 11.6 Å². The molecule has 14 heavy (non-hydrogen) atoms. The van der Waals surface area contributed by atoms with E-state index in [-0.39, 0.29) is 5.75 Å². The van der Waals surface area contributed by atoms with E-state index in [0.29, 0.717) is 16.3 Å². The first-order chi connectivity index (χ1) is 6.54. The van der Waals surface area contributed by atoms with Gasteiger partial charge in [-0.3, -0.25) is 5.84 Å². The number of ether oxygens (including phenoxy) is 1. The van der Waals surface area contributed by atoms with Gasteiger partial charge in [0.25, 0.3) is 0 Å². The second kappa shape index (κ2) is 4.43. The molecule has 0 fully saturated rings. The van der Waals surface area contributed by atoms with E-state index >= 15 is 0 Å². The van der Waals surface area contributed by atoms with Gasteiger partial charge in [0.15, 0.2) is 5.75 Å². The third kappa shape index (κ3) is 2.46. The van der Waals surface area contributed by atoms with Crippen molar-refractivity contribution < 1.29 is 13.5 Å². The molecule has 0 saturated heterocycles. The van der Waals surface area contributed by atoms with Gasteiger partial charge in [-0.15, -0.1) is 0 Å². The average molecular weight is 223 g/mol. The van der Waals surface area contributed by atoms with Crippen molar-refractivity contribution in [2.24, 2.45) is 5.84 Å². The lowest BCUT2D eigenvalue weighted by Gasteiger charge is -2.12. The summed E-state index contributed by atoms with van der Waals surface area (Å²) in [5, 5.41) is 0.317. The molecule has 0 saturated carbocycles. The molecule has 78 valence electrons. The Hall–Kier alpha value is -1.07. The molecule has 0 bridgehead atoms. The number of alkyl halides is 2. The van der Waals surface area contributed by atoms with E-state index in [1.165, 1.54) is 6.07 Å². The number of hydrogen-bond donors (Lipinski definition) is 2. The number of rotatable bonds is 3. The van der Waals surface area contributed by atoms with E-state index in [4.69, 9.17) is 17.4 Å². The second-order valence-electron chi connectivity index (χ2n) is 2.62. The van der Waals surface area contributed by atoms with E-state index in [0.717, 1.165) is 0 Å². The van der Waals surface area contributed by atoms with Crippen LogP contribution in [0, 0.1) is 6.92 Å². The predicted octanol–water partition coefficient (Wildman–Crippen LogP) is 2.54. The van der Waals surface area contributed by atoms with Crippen molar-refractivity contribution >= 4 is 17.3 Å². The maximum Gasteiger partial charge on any atom is 0.387 e. The molecule has 1 aromatic carbocycles. The molecular formula is C8H9ClF2N2O. The Balaban J connectivity index is 3.11. The van der Waals surface area contributed by atoms with Crippen molar-refractivity contribution in [1.29, 1.82) is 0 Å². The molecule has 3 N–H and O–H groups in total. The van der Waals surface area contributed by atoms with Gasteiger partial charge in [0, 0.05) is 11.1 Å². The zero-order valence-electron chi connectivity index (χ0n) is 7.35. The molecular weight excluding hydrogens is 214 g/mol. The summed E-state index contributed by atoms with van der Waals surface area (Å²) in [4.78, 5) is 0. The zero-order valence-corrected chi connectivity index (χ0v) is 8.11. The lowest BCUT2D eigenvalue weighted by Crippen LogP contribution is -2.12. The molecule has 0 radical (unpaired) electrons. The lowest BCUT2D eigenvalue weighted by molar-refractivity contribution is -0.0493. The van der Waals surface area contributed by atoms with Crippen molar-refractivity contribution in [2.45, 2.75) is 13.5 Å². The van der Waals surface area contributed by atoms with Crippen molar-refractivity contribution in [3.8, 4) is 5.75 Å². The Morgan fingerprint density at radius 2 is 2.14 bits per heavy atom. The van der Waals surface area contributed by atoms with Gasteiger partial charge in [-0.2, -0.15) is 8.78 Å². The molecule has 0 aliphatic rings. The summed E-state index contributed by atoms with van der Waals surface area (Å²) in [6.07, 6.45) is 0. The predicted molar refractivity (Wildman–Crippen MR) is 50.6 cm³/mol. The fraction of sp³-hybridized carbons (Fsp3) is 0.250. The highest BCUT2D eigenvalue weighted by molar-refractivity contribution is 6.31. The van der Waals surface area contributed by atoms with E-state index in [2.05, 4.69) is 10.2 Å². The smallest absolute Gasteiger partial charge is 0.387 e. The molecule has 0 unspecified atom stereocenters. The monoisotopic (exact) mass is 222 g/mol. The third-order valence-corrected chi connectivity index (χ3v) is 1.84. The maximum atomic E-state index is 12.0. The van der Waals surface area contributed by atoms with E-state index in [9.17, 15) is 8.78 Å². The summed E-state index contributed by atoms with van der Waals surface area (Å²) >= 11 is 5.67. The van der Waals surface area contributed by atoms with Crippen LogP contribution in [0.2, 0.25) is 5.02 Å². The van der Waals surface area contributed by atoms with Crippen LogP contribution < -0.4 is 16.0 Å². The number of halogens is 3. The molecule has 0 heterocycles. The molecule has 0 aromatic heterocycles. The Morgan fingerprint density at radius 1 is 1.50 bits per heavy atom. The molecule has 0 aliphatic carbocycles. The van der Waals surface area contributed by atoms with Crippen molar-refractivity contribution in [1.82, 2.24) is 0 Å². The fourth-order valence-electron chi connectivity index (χ4n) is 1.09. The molecule has 1 rings (SSSR count). The van der Waals surface area contributed by atoms with Crippen molar-refractivity contribution in [3.05, 3.63) is 22.7 Å². The molecule has 0 spiro atoms. The number of hydrazine groups is 1. The minimum Gasteiger partial charge on any atom is -0.433 e. The first-order valence-electron chi connectivity index (χ1n) is 3.76. The Labute approximate surface area is 84.8 Å². The summed E-state index contributed by atoms with van der Waals surface area (Å²) in [5.74, 6) is 5.10. The van der Waals surface area contributed by atoms with E-state index < -0.39 is 6.61 Å². The van der Waals surface area contributed by atoms with Gasteiger partial charge in [-0.25, -0.2) is 0 Å². The maximum absolute atomic E-state index is 12.0. The normalized spacial score (nSPS) is 10.4. The minimum atomic E-state index is -2.90. The van der Waals surface area contributed by atoms with Gasteiger partial charge in [-0.1, -0.05) is 11.6 Å². The van der Waals surface area contributed by atoms with Crippen LogP contribution in [0.4, 0.5) is 14.5 Å². The Kier molecular flexibility index (Phi) is 3.49. The highest BCUT2D eigenvalue weighted by atomic mass is 35.5. The van der Waals surface area contributed by atoms with E-state index in [1.54, 1.807) is 13.0 Å². The second-order valence-corrected chi connectivity index (χ2v) is 3.06. The van der Waals surface area contributed by atoms with Crippen molar-refractivity contribution in [3.63, 3.8) is 0 Å². The number of anilines is 1. The summed E-state index contributed by atoms with van der Waals surface area (Å²) in [6, 6.07) is 2.87. The van der Waals surface area contributed by atoms with Gasteiger partial charge in [0.2, 0.25) is 0 Å². The Morgan fingerprint density at radius 3 is 2.64 bits per heavy atom. The highest BCUT2D eigenvalue weighted by Crippen LogP contribution is 2.32. The molecule has 0 atom stereocenters. The number of nitrogen functional groups attached to an aromatic ring is 1. The average Bonchev–Trinajstić information content (AvgIpc) is 2.01. The third-order valence-electron chi connectivity index (χ3n) is 1.62. The van der Waals surface area contributed by atoms with Crippen molar-refractivity contribution in [2.75, 3.05) is 5.43 Å². The summed E-state index contributed by atoms with van der Waals surface area (Å²) in [6.45, 7) is -1.22. The Bertz CT molecular complexity index is 333. The molecule has 6 heteroatoms. The van der Waals surface area contributed by atoms with Gasteiger partial charge >= 0.3 is 6.61 Å². The number of nitrogens with two attached hydrogens (primary N) is 1. The van der Waals surface area contributed by atoms with Crippen LogP contribution in [0.1, 0.15) is 5.56 Å². The SMILES string of the molecule is Cc1cc(Cl)cc(OC(F)F)c1NN. The van der Waals surface area contributed by atoms with Gasteiger partial charge in [0.05, 0.1) is 5.69 Å². The number of nitrogens with one attached hydrogen (secondary N) is 1. The lowest BCUT2D eigenvalue weighted by atomic mass is 10.2. The van der Waals surface area contributed by atoms with Gasteiger partial charge in [-0.05, 0) is 18.6 Å². The number of aryl methyl sites for hydroxylation is 1. The molecule has 0 aliphatic heterocycles. The number of benzene rings is 1. The zero-order chi connectivity index (χ0) is 10.7. The first kappa shape index (κ1) is 11.0. The molecule has 0 amide bonds. The summed E-state index contributed by atoms with van der Waals surface area (Å²) in [7, 11) is 0. The van der Waals surface area contributed by atoms with Gasteiger partial charge in [0.1, 0.15) is 0 Å². The van der Waals surface area contributed by atoms with Crippen LogP contribution in [0.25, 0.3) is 0 Å². The van der Waals surface area contributed by atoms with Crippen LogP contribution in [0.5, 0.6) is 5.75 Å². The van der Waals surface area contributed by atoms with Gasteiger partial charge < -0.3 is 10.2 Å². The first-order valence-corrected chi connectivity index (χ1v) is 4.14. The van der Waals surface area contributed by atoms with Crippen LogP contribution in [-0.2, 0) is 0 Å². The minimum absolute atomic E-state index is 0.0625. The quantitative estimate of drug-likeness (QED) is 0.610. The largest absolute Gasteiger partial charge is 0.433 e. The van der Waals surface area contributed by atoms with E-state index in [1.807, 2.05) is 0 Å². The highest BCUT2D eigenvalue weighted by Gasteiger charge is 2.12. The van der Waals surface area contributed by atoms with Crippen LogP contribution in [0.3, 0.4) is 0 Å². The molecule has 1 aromatic rings. The summed E-state index contributed by atoms with van der Waals surface area (Å²) < 4.78 is 28.2. The standard InChI is InChI=1S/C8H9ClF2N2O/c1-4-2-5(9)3-6(7(4)13-12)14-8(10)11/h2-3,8,13H,12H2,1H3. The number of hydrogen-bond acceptors (Lipinski definition) is 3. The summed E-state index contributed by atoms with van der Waals surface area (Å²) in [5.41, 5.74) is 3.21. The topological polar surface area (TPSA) is 47.3 Å².